The third kappa shape index (κ3) is 5.03. The number of piperidine rings is 1. The van der Waals surface area contributed by atoms with Gasteiger partial charge in [0.05, 0.1) is 6.61 Å². The Morgan fingerprint density at radius 2 is 2.07 bits per heavy atom. The molecule has 1 aromatic heterocycles. The molecular formula is C21H28FN3O3. The number of carbonyl (C=O) groups is 2. The molecule has 2 heterocycles. The Balaban J connectivity index is 1.41. The van der Waals surface area contributed by atoms with E-state index in [1.54, 1.807) is 11.0 Å². The summed E-state index contributed by atoms with van der Waals surface area (Å²) < 4.78 is 18.5. The predicted octanol–water partition coefficient (Wildman–Crippen LogP) is 3.47. The van der Waals surface area contributed by atoms with Gasteiger partial charge in [0.25, 0.3) is 0 Å². The molecule has 1 aliphatic rings. The highest BCUT2D eigenvalue weighted by Crippen LogP contribution is 2.20. The van der Waals surface area contributed by atoms with Crippen molar-refractivity contribution in [1.29, 1.82) is 0 Å². The van der Waals surface area contributed by atoms with Crippen molar-refractivity contribution in [2.24, 2.45) is 11.8 Å². The minimum absolute atomic E-state index is 0.0288. The predicted molar refractivity (Wildman–Crippen MR) is 105 cm³/mol. The van der Waals surface area contributed by atoms with Crippen LogP contribution in [0.2, 0.25) is 0 Å². The molecule has 0 bridgehead atoms. The van der Waals surface area contributed by atoms with E-state index in [4.69, 9.17) is 4.74 Å². The van der Waals surface area contributed by atoms with Crippen LogP contribution in [0.4, 0.5) is 9.18 Å². The van der Waals surface area contributed by atoms with Gasteiger partial charge in [-0.15, -0.1) is 0 Å². The highest BCUT2D eigenvalue weighted by molar-refractivity contribution is 5.83. The van der Waals surface area contributed by atoms with Crippen molar-refractivity contribution in [3.8, 4) is 0 Å². The van der Waals surface area contributed by atoms with Crippen molar-refractivity contribution in [3.05, 3.63) is 35.8 Å². The van der Waals surface area contributed by atoms with Crippen molar-refractivity contribution in [1.82, 2.24) is 15.2 Å². The topological polar surface area (TPSA) is 74.4 Å². The van der Waals surface area contributed by atoms with Crippen LogP contribution in [-0.4, -0.2) is 48.1 Å². The van der Waals surface area contributed by atoms with Crippen molar-refractivity contribution in [2.45, 2.75) is 33.1 Å². The largest absolute Gasteiger partial charge is 0.449 e. The maximum Gasteiger partial charge on any atom is 0.409 e. The first kappa shape index (κ1) is 20.2. The van der Waals surface area contributed by atoms with E-state index in [-0.39, 0.29) is 23.7 Å². The van der Waals surface area contributed by atoms with E-state index < -0.39 is 0 Å². The molecule has 1 aromatic carbocycles. The first-order valence-corrected chi connectivity index (χ1v) is 9.89. The molecule has 2 N–H and O–H groups in total. The lowest BCUT2D eigenvalue weighted by Crippen LogP contribution is -2.43. The fourth-order valence-corrected chi connectivity index (χ4v) is 3.48. The molecule has 0 unspecified atom stereocenters. The summed E-state index contributed by atoms with van der Waals surface area (Å²) in [4.78, 5) is 29.1. The van der Waals surface area contributed by atoms with Crippen LogP contribution < -0.4 is 5.32 Å². The van der Waals surface area contributed by atoms with E-state index in [1.807, 2.05) is 20.0 Å². The number of H-pyrrole nitrogens is 1. The summed E-state index contributed by atoms with van der Waals surface area (Å²) >= 11 is 0. The first-order chi connectivity index (χ1) is 13.4. The van der Waals surface area contributed by atoms with Gasteiger partial charge in [0.1, 0.15) is 5.82 Å². The number of hydrogen-bond donors (Lipinski definition) is 2. The normalized spacial score (nSPS) is 15.2. The van der Waals surface area contributed by atoms with Crippen molar-refractivity contribution >= 4 is 22.9 Å². The van der Waals surface area contributed by atoms with Gasteiger partial charge in [-0.1, -0.05) is 13.8 Å². The highest BCUT2D eigenvalue weighted by Gasteiger charge is 2.27. The summed E-state index contributed by atoms with van der Waals surface area (Å²) in [6.07, 6.45) is 3.54. The smallest absolute Gasteiger partial charge is 0.409 e. The molecule has 152 valence electrons. The highest BCUT2D eigenvalue weighted by atomic mass is 19.1. The molecule has 28 heavy (non-hydrogen) atoms. The third-order valence-corrected chi connectivity index (χ3v) is 5.09. The van der Waals surface area contributed by atoms with Crippen molar-refractivity contribution in [3.63, 3.8) is 0 Å². The molecule has 0 radical (unpaired) electrons. The number of nitrogens with zero attached hydrogens (tertiary/aromatic N) is 1. The molecule has 3 rings (SSSR count). The maximum absolute atomic E-state index is 13.3. The molecule has 0 atom stereocenters. The molecule has 1 aliphatic heterocycles. The van der Waals surface area contributed by atoms with Crippen molar-refractivity contribution < 1.29 is 18.7 Å². The molecule has 0 saturated carbocycles. The summed E-state index contributed by atoms with van der Waals surface area (Å²) in [7, 11) is 0. The van der Waals surface area contributed by atoms with Crippen LogP contribution in [0.15, 0.2) is 24.4 Å². The molecule has 0 spiro atoms. The summed E-state index contributed by atoms with van der Waals surface area (Å²) in [5.41, 5.74) is 1.82. The second-order valence-electron chi connectivity index (χ2n) is 7.78. The number of nitrogens with one attached hydrogen (secondary N) is 2. The second-order valence-corrected chi connectivity index (χ2v) is 7.78. The molecule has 2 aromatic rings. The molecule has 6 nitrogen and oxygen atoms in total. The first-order valence-electron chi connectivity index (χ1n) is 9.89. The molecule has 7 heteroatoms. The quantitative estimate of drug-likeness (QED) is 0.794. The molecule has 1 saturated heterocycles. The van der Waals surface area contributed by atoms with E-state index in [2.05, 4.69) is 10.3 Å². The Kier molecular flexibility index (Phi) is 6.54. The van der Waals surface area contributed by atoms with Crippen LogP contribution >= 0.6 is 0 Å². The Morgan fingerprint density at radius 1 is 1.32 bits per heavy atom. The fraction of sp³-hybridized carbons (Fsp3) is 0.524. The van der Waals surface area contributed by atoms with E-state index in [1.165, 1.54) is 12.1 Å². The van der Waals surface area contributed by atoms with Gasteiger partial charge in [0.2, 0.25) is 5.91 Å². The van der Waals surface area contributed by atoms with Gasteiger partial charge in [-0.3, -0.25) is 4.79 Å². The average molecular weight is 389 g/mol. The van der Waals surface area contributed by atoms with Crippen molar-refractivity contribution in [2.75, 3.05) is 26.2 Å². The second kappa shape index (κ2) is 9.08. The fourth-order valence-electron chi connectivity index (χ4n) is 3.48. The minimum Gasteiger partial charge on any atom is -0.449 e. The van der Waals surface area contributed by atoms with E-state index in [9.17, 15) is 14.0 Å². The van der Waals surface area contributed by atoms with Crippen LogP contribution in [0.5, 0.6) is 0 Å². The summed E-state index contributed by atoms with van der Waals surface area (Å²) in [5.74, 6) is -0.00985. The number of benzene rings is 1. The van der Waals surface area contributed by atoms with Gasteiger partial charge in [-0.25, -0.2) is 9.18 Å². The van der Waals surface area contributed by atoms with Crippen LogP contribution in [-0.2, 0) is 16.0 Å². The number of rotatable bonds is 6. The number of amides is 2. The molecule has 0 aliphatic carbocycles. The number of aromatic nitrogens is 1. The van der Waals surface area contributed by atoms with Gasteiger partial charge < -0.3 is 19.9 Å². The zero-order valence-electron chi connectivity index (χ0n) is 16.5. The number of ether oxygens (including phenoxy) is 1. The number of halogens is 1. The molecule has 2 amide bonds. The SMILES string of the molecule is CC(C)COC(=O)N1CCC(C(=O)NCCc2c[nH]c3cc(F)ccc23)CC1. The van der Waals surface area contributed by atoms with Gasteiger partial charge in [0.15, 0.2) is 0 Å². The lowest BCUT2D eigenvalue weighted by molar-refractivity contribution is -0.126. The Bertz CT molecular complexity index is 825. The van der Waals surface area contributed by atoms with Gasteiger partial charge >= 0.3 is 6.09 Å². The Labute approximate surface area is 164 Å². The Hall–Kier alpha value is -2.57. The summed E-state index contributed by atoms with van der Waals surface area (Å²) in [6.45, 7) is 6.03. The van der Waals surface area contributed by atoms with Gasteiger partial charge in [-0.2, -0.15) is 0 Å². The number of carbonyl (C=O) groups excluding carboxylic acids is 2. The van der Waals surface area contributed by atoms with Gasteiger partial charge in [-0.05, 0) is 48.9 Å². The minimum atomic E-state index is -0.289. The van der Waals surface area contributed by atoms with Crippen LogP contribution in [0.3, 0.4) is 0 Å². The number of hydrogen-bond acceptors (Lipinski definition) is 3. The monoisotopic (exact) mass is 389 g/mol. The summed E-state index contributed by atoms with van der Waals surface area (Å²) in [5, 5.41) is 3.97. The standard InChI is InChI=1S/C21H28FN3O3/c1-14(2)13-28-21(27)25-9-6-15(7-10-25)20(26)23-8-5-16-12-24-19-11-17(22)3-4-18(16)19/h3-4,11-12,14-15,24H,5-10,13H2,1-2H3,(H,23,26). The zero-order valence-corrected chi connectivity index (χ0v) is 16.5. The Morgan fingerprint density at radius 3 is 2.79 bits per heavy atom. The van der Waals surface area contributed by atoms with Gasteiger partial charge in [0, 0.05) is 42.7 Å². The van der Waals surface area contributed by atoms with E-state index in [0.717, 1.165) is 16.5 Å². The van der Waals surface area contributed by atoms with E-state index in [0.29, 0.717) is 51.4 Å². The molecular weight excluding hydrogens is 361 g/mol. The average Bonchev–Trinajstić information content (AvgIpc) is 3.08. The number of fused-ring (bicyclic) bond motifs is 1. The maximum atomic E-state index is 13.3. The summed E-state index contributed by atoms with van der Waals surface area (Å²) in [6, 6.07) is 4.67. The zero-order chi connectivity index (χ0) is 20.1. The van der Waals surface area contributed by atoms with Crippen LogP contribution in [0, 0.1) is 17.7 Å². The van der Waals surface area contributed by atoms with E-state index >= 15 is 0 Å². The van der Waals surface area contributed by atoms with Crippen LogP contribution in [0.1, 0.15) is 32.3 Å². The lowest BCUT2D eigenvalue weighted by atomic mass is 9.96. The lowest BCUT2D eigenvalue weighted by Gasteiger charge is -2.30. The molecule has 1 fully saturated rings. The number of aromatic amines is 1. The van der Waals surface area contributed by atoms with Crippen LogP contribution in [0.25, 0.3) is 10.9 Å². The number of likely N-dealkylation sites (tertiary alicyclic amines) is 1. The third-order valence-electron chi connectivity index (χ3n) is 5.09.